The Kier molecular flexibility index (Phi) is 4.06. The third-order valence-corrected chi connectivity index (χ3v) is 4.51. The minimum atomic E-state index is 0.238. The Morgan fingerprint density at radius 3 is 3.07 bits per heavy atom. The average molecular weight is 245 g/mol. The average Bonchev–Trinajstić information content (AvgIpc) is 2.81. The molecule has 0 spiro atoms. The van der Waals surface area contributed by atoms with Gasteiger partial charge in [-0.25, -0.2) is 0 Å². The van der Waals surface area contributed by atoms with Crippen molar-refractivity contribution < 1.29 is 4.74 Å². The Balaban J connectivity index is 1.89. The van der Waals surface area contributed by atoms with Crippen molar-refractivity contribution in [2.75, 3.05) is 19.1 Å². The molecule has 1 aliphatic heterocycles. The van der Waals surface area contributed by atoms with Crippen LogP contribution in [0.5, 0.6) is 0 Å². The molecule has 1 saturated heterocycles. The first kappa shape index (κ1) is 11.4. The molecule has 1 unspecified atom stereocenters. The Bertz CT molecular complexity index is 278. The highest BCUT2D eigenvalue weighted by atomic mass is 35.5. The lowest BCUT2D eigenvalue weighted by Gasteiger charge is -2.35. The van der Waals surface area contributed by atoms with Crippen LogP contribution in [0.3, 0.4) is 0 Å². The van der Waals surface area contributed by atoms with Crippen molar-refractivity contribution in [3.05, 3.63) is 22.4 Å². The maximum absolute atomic E-state index is 6.10. The molecule has 0 radical (unpaired) electrons. The van der Waals surface area contributed by atoms with Crippen molar-refractivity contribution in [1.82, 2.24) is 0 Å². The topological polar surface area (TPSA) is 9.23 Å². The highest BCUT2D eigenvalue weighted by molar-refractivity contribution is 7.07. The zero-order valence-electron chi connectivity index (χ0n) is 8.88. The second-order valence-electron chi connectivity index (χ2n) is 4.42. The van der Waals surface area contributed by atoms with Crippen LogP contribution in [0, 0.1) is 5.41 Å². The van der Waals surface area contributed by atoms with Gasteiger partial charge in [0, 0.05) is 17.9 Å². The minimum Gasteiger partial charge on any atom is -0.381 e. The van der Waals surface area contributed by atoms with Gasteiger partial charge in [-0.15, -0.1) is 11.6 Å². The first-order valence-electron chi connectivity index (χ1n) is 5.49. The summed E-state index contributed by atoms with van der Waals surface area (Å²) >= 11 is 7.87. The second kappa shape index (κ2) is 5.33. The van der Waals surface area contributed by atoms with Crippen LogP contribution in [-0.4, -0.2) is 19.1 Å². The fourth-order valence-electron chi connectivity index (χ4n) is 2.12. The summed E-state index contributed by atoms with van der Waals surface area (Å²) < 4.78 is 5.56. The van der Waals surface area contributed by atoms with Gasteiger partial charge in [0.1, 0.15) is 0 Å². The van der Waals surface area contributed by atoms with Crippen LogP contribution in [0.4, 0.5) is 0 Å². The molecule has 0 saturated carbocycles. The molecule has 3 heteroatoms. The molecule has 1 aromatic rings. The molecule has 0 aliphatic carbocycles. The molecule has 1 aliphatic rings. The van der Waals surface area contributed by atoms with Gasteiger partial charge in [0.25, 0.3) is 0 Å². The maximum atomic E-state index is 6.10. The molecule has 0 amide bonds. The second-order valence-corrected chi connectivity index (χ2v) is 5.47. The number of halogens is 1. The van der Waals surface area contributed by atoms with Crippen molar-refractivity contribution in [3.63, 3.8) is 0 Å². The quantitative estimate of drug-likeness (QED) is 0.734. The number of alkyl halides is 1. The Morgan fingerprint density at radius 1 is 1.53 bits per heavy atom. The molecular weight excluding hydrogens is 228 g/mol. The van der Waals surface area contributed by atoms with Gasteiger partial charge < -0.3 is 4.74 Å². The lowest BCUT2D eigenvalue weighted by molar-refractivity contribution is 0.000285. The lowest BCUT2D eigenvalue weighted by atomic mass is 9.79. The van der Waals surface area contributed by atoms with E-state index in [1.54, 1.807) is 11.3 Å². The minimum absolute atomic E-state index is 0.238. The highest BCUT2D eigenvalue weighted by Gasteiger charge is 2.31. The monoisotopic (exact) mass is 244 g/mol. The summed E-state index contributed by atoms with van der Waals surface area (Å²) in [5.74, 6) is 0.733. The van der Waals surface area contributed by atoms with Crippen molar-refractivity contribution >= 4 is 22.9 Å². The molecule has 2 heterocycles. The van der Waals surface area contributed by atoms with Crippen molar-refractivity contribution in [3.8, 4) is 0 Å². The van der Waals surface area contributed by atoms with Crippen molar-refractivity contribution in [2.24, 2.45) is 5.41 Å². The zero-order valence-corrected chi connectivity index (χ0v) is 10.4. The molecule has 15 heavy (non-hydrogen) atoms. The first-order valence-corrected chi connectivity index (χ1v) is 6.97. The van der Waals surface area contributed by atoms with Crippen LogP contribution in [-0.2, 0) is 11.2 Å². The number of rotatable bonds is 4. The number of ether oxygens (including phenoxy) is 1. The Labute approximate surface area is 100 Å². The van der Waals surface area contributed by atoms with E-state index in [0.717, 1.165) is 38.4 Å². The fraction of sp³-hybridized carbons (Fsp3) is 0.667. The van der Waals surface area contributed by atoms with Crippen LogP contribution < -0.4 is 0 Å². The van der Waals surface area contributed by atoms with Gasteiger partial charge in [-0.05, 0) is 48.1 Å². The Morgan fingerprint density at radius 2 is 2.47 bits per heavy atom. The Hall–Kier alpha value is -0.0500. The molecule has 1 nitrogen and oxygen atoms in total. The third kappa shape index (κ3) is 2.96. The number of thiophene rings is 1. The highest BCUT2D eigenvalue weighted by Crippen LogP contribution is 2.34. The number of hydrogen-bond donors (Lipinski definition) is 0. The van der Waals surface area contributed by atoms with E-state index in [2.05, 4.69) is 16.8 Å². The van der Waals surface area contributed by atoms with Crippen LogP contribution in [0.15, 0.2) is 16.8 Å². The predicted octanol–water partition coefficient (Wildman–Crippen LogP) is 3.72. The largest absolute Gasteiger partial charge is 0.381 e. The summed E-state index contributed by atoms with van der Waals surface area (Å²) in [6.45, 7) is 1.76. The van der Waals surface area contributed by atoms with E-state index in [9.17, 15) is 0 Å². The summed E-state index contributed by atoms with van der Waals surface area (Å²) in [6, 6.07) is 2.20. The van der Waals surface area contributed by atoms with Gasteiger partial charge in [0.15, 0.2) is 0 Å². The van der Waals surface area contributed by atoms with Gasteiger partial charge in [-0.1, -0.05) is 0 Å². The zero-order chi connectivity index (χ0) is 10.6. The van der Waals surface area contributed by atoms with Gasteiger partial charge >= 0.3 is 0 Å². The molecule has 0 aromatic carbocycles. The number of hydrogen-bond acceptors (Lipinski definition) is 2. The maximum Gasteiger partial charge on any atom is 0.0533 e. The van der Waals surface area contributed by atoms with Crippen molar-refractivity contribution in [1.29, 1.82) is 0 Å². The summed E-state index contributed by atoms with van der Waals surface area (Å²) in [7, 11) is 0. The fourth-order valence-corrected chi connectivity index (χ4v) is 3.17. The van der Waals surface area contributed by atoms with E-state index in [0.29, 0.717) is 0 Å². The lowest BCUT2D eigenvalue weighted by Crippen LogP contribution is -2.34. The predicted molar refractivity (Wildman–Crippen MR) is 65.8 cm³/mol. The smallest absolute Gasteiger partial charge is 0.0533 e. The van der Waals surface area contributed by atoms with Crippen LogP contribution in [0.1, 0.15) is 24.8 Å². The molecule has 1 atom stereocenters. The van der Waals surface area contributed by atoms with Crippen LogP contribution in [0.25, 0.3) is 0 Å². The molecule has 0 bridgehead atoms. The summed E-state index contributed by atoms with van der Waals surface area (Å²) in [5, 5.41) is 4.37. The van der Waals surface area contributed by atoms with E-state index < -0.39 is 0 Å². The standard InChI is InChI=1S/C12H17ClOS/c13-9-12(4-1-6-14-10-12)5-2-11-3-7-15-8-11/h3,7-8H,1-2,4-6,9-10H2. The van der Waals surface area contributed by atoms with Gasteiger partial charge in [-0.2, -0.15) is 11.3 Å². The molecular formula is C12H17ClOS. The van der Waals surface area contributed by atoms with E-state index >= 15 is 0 Å². The van der Waals surface area contributed by atoms with Gasteiger partial charge in [-0.3, -0.25) is 0 Å². The van der Waals surface area contributed by atoms with Gasteiger partial charge in [0.05, 0.1) is 6.61 Å². The van der Waals surface area contributed by atoms with Gasteiger partial charge in [0.2, 0.25) is 0 Å². The first-order chi connectivity index (χ1) is 7.35. The van der Waals surface area contributed by atoms with E-state index in [1.165, 1.54) is 12.0 Å². The summed E-state index contributed by atoms with van der Waals surface area (Å²) in [4.78, 5) is 0. The molecule has 2 rings (SSSR count). The molecule has 1 aromatic heterocycles. The molecule has 1 fully saturated rings. The SMILES string of the molecule is ClCC1(CCc2ccsc2)CCCOC1. The third-order valence-electron chi connectivity index (χ3n) is 3.21. The summed E-state index contributed by atoms with van der Waals surface area (Å²) in [6.07, 6.45) is 4.68. The molecule has 84 valence electrons. The number of aryl methyl sites for hydroxylation is 1. The molecule has 0 N–H and O–H groups in total. The van der Waals surface area contributed by atoms with E-state index in [-0.39, 0.29) is 5.41 Å². The van der Waals surface area contributed by atoms with E-state index in [1.807, 2.05) is 0 Å². The van der Waals surface area contributed by atoms with Crippen molar-refractivity contribution in [2.45, 2.75) is 25.7 Å². The summed E-state index contributed by atoms with van der Waals surface area (Å²) in [5.41, 5.74) is 1.68. The van der Waals surface area contributed by atoms with E-state index in [4.69, 9.17) is 16.3 Å². The van der Waals surface area contributed by atoms with Crippen LogP contribution in [0.2, 0.25) is 0 Å². The van der Waals surface area contributed by atoms with Crippen LogP contribution >= 0.6 is 22.9 Å². The normalized spacial score (nSPS) is 26.7.